The van der Waals surface area contributed by atoms with Gasteiger partial charge in [-0.15, -0.1) is 5.10 Å². The van der Waals surface area contributed by atoms with Crippen LogP contribution in [0.2, 0.25) is 0 Å². The number of carbonyl (C=O) groups is 2. The van der Waals surface area contributed by atoms with Crippen LogP contribution in [0.5, 0.6) is 11.6 Å². The number of ether oxygens (including phenoxy) is 1. The van der Waals surface area contributed by atoms with Gasteiger partial charge in [0.25, 0.3) is 5.91 Å². The van der Waals surface area contributed by atoms with Crippen molar-refractivity contribution in [3.05, 3.63) is 107 Å². The van der Waals surface area contributed by atoms with Crippen molar-refractivity contribution in [2.24, 2.45) is 0 Å². The zero-order valence-corrected chi connectivity index (χ0v) is 22.8. The molecule has 1 heterocycles. The van der Waals surface area contributed by atoms with Crippen LogP contribution in [-0.2, 0) is 17.6 Å². The van der Waals surface area contributed by atoms with Gasteiger partial charge in [-0.2, -0.15) is 16.9 Å². The number of benzene rings is 3. The van der Waals surface area contributed by atoms with Crippen LogP contribution in [0.4, 0.5) is 0 Å². The summed E-state index contributed by atoms with van der Waals surface area (Å²) in [6.07, 6.45) is 3.62. The van der Waals surface area contributed by atoms with Crippen molar-refractivity contribution in [1.29, 1.82) is 0 Å². The topological polar surface area (TPSA) is 101 Å². The second-order valence-electron chi connectivity index (χ2n) is 9.12. The molecule has 9 heteroatoms. The molecule has 1 amide bonds. The molecule has 0 aliphatic rings. The van der Waals surface area contributed by atoms with Gasteiger partial charge in [0.2, 0.25) is 5.88 Å². The molecular weight excluding hydrogens is 517 g/mol. The first-order valence-electron chi connectivity index (χ1n) is 12.7. The summed E-state index contributed by atoms with van der Waals surface area (Å²) in [5.74, 6) is 0.343. The number of nitrogens with zero attached hydrogens (tertiary/aromatic N) is 2. The molecule has 3 aromatic carbocycles. The molecule has 0 saturated carbocycles. The Hall–Kier alpha value is -3.57. The summed E-state index contributed by atoms with van der Waals surface area (Å²) in [6, 6.07) is 25.8. The van der Waals surface area contributed by atoms with Gasteiger partial charge in [0.05, 0.1) is 5.69 Å². The van der Waals surface area contributed by atoms with E-state index in [1.165, 1.54) is 0 Å². The fourth-order valence-electron chi connectivity index (χ4n) is 4.19. The Labute approximate surface area is 250 Å². The van der Waals surface area contributed by atoms with Gasteiger partial charge >= 0.3 is 24.8 Å². The van der Waals surface area contributed by atoms with Gasteiger partial charge in [-0.3, -0.25) is 4.79 Å². The molecule has 0 spiro atoms. The van der Waals surface area contributed by atoms with Crippen molar-refractivity contribution in [2.75, 3.05) is 12.0 Å². The Kier molecular flexibility index (Phi) is 11.8. The van der Waals surface area contributed by atoms with E-state index >= 15 is 0 Å². The van der Waals surface area contributed by atoms with Gasteiger partial charge in [0.1, 0.15) is 11.8 Å². The number of carboxylic acid groups (broad SMARTS) is 1. The predicted octanol–water partition coefficient (Wildman–Crippen LogP) is 5.32. The third-order valence-electron chi connectivity index (χ3n) is 6.31. The Morgan fingerprint density at radius 2 is 1.68 bits per heavy atom. The molecule has 1 unspecified atom stereocenters. The van der Waals surface area contributed by atoms with Gasteiger partial charge in [-0.25, -0.2) is 4.79 Å². The molecular formula is C31H32LiN3O4S. The van der Waals surface area contributed by atoms with Crippen molar-refractivity contribution < 1.29 is 19.4 Å². The molecule has 1 atom stereocenters. The van der Waals surface area contributed by atoms with Gasteiger partial charge in [-0.1, -0.05) is 54.6 Å². The first kappa shape index (κ1) is 31.0. The number of nitrogens with one attached hydrogen (secondary N) is 1. The third-order valence-corrected chi connectivity index (χ3v) is 6.95. The Morgan fingerprint density at radius 3 is 2.35 bits per heavy atom. The van der Waals surface area contributed by atoms with E-state index in [4.69, 9.17) is 4.74 Å². The summed E-state index contributed by atoms with van der Waals surface area (Å²) in [6.45, 7) is 2.00. The van der Waals surface area contributed by atoms with Crippen molar-refractivity contribution >= 4 is 42.5 Å². The molecule has 1 aromatic heterocycles. The molecule has 0 saturated heterocycles. The van der Waals surface area contributed by atoms with Crippen LogP contribution in [0.15, 0.2) is 84.9 Å². The summed E-state index contributed by atoms with van der Waals surface area (Å²) in [7, 11) is 0. The molecule has 4 aromatic rings. The van der Waals surface area contributed by atoms with E-state index in [0.717, 1.165) is 27.9 Å². The van der Waals surface area contributed by atoms with Crippen molar-refractivity contribution in [3.63, 3.8) is 0 Å². The third kappa shape index (κ3) is 8.46. The number of carbonyl (C=O) groups excluding carboxylic acids is 1. The Bertz CT molecular complexity index is 1420. The van der Waals surface area contributed by atoms with E-state index in [-0.39, 0.29) is 18.9 Å². The van der Waals surface area contributed by atoms with E-state index in [2.05, 4.69) is 15.5 Å². The van der Waals surface area contributed by atoms with E-state index in [0.29, 0.717) is 42.2 Å². The first-order valence-corrected chi connectivity index (χ1v) is 14.1. The minimum atomic E-state index is -1.03. The second kappa shape index (κ2) is 15.3. The van der Waals surface area contributed by atoms with Crippen molar-refractivity contribution in [1.82, 2.24) is 15.5 Å². The molecule has 0 aliphatic heterocycles. The summed E-state index contributed by atoms with van der Waals surface area (Å²) in [5, 5.41) is 20.8. The van der Waals surface area contributed by atoms with Gasteiger partial charge < -0.3 is 15.2 Å². The van der Waals surface area contributed by atoms with Gasteiger partial charge in [0, 0.05) is 11.6 Å². The van der Waals surface area contributed by atoms with Crippen LogP contribution < -0.4 is 10.1 Å². The average Bonchev–Trinajstić information content (AvgIpc) is 2.95. The molecule has 202 valence electrons. The maximum absolute atomic E-state index is 13.3. The molecule has 0 bridgehead atoms. The van der Waals surface area contributed by atoms with Gasteiger partial charge in [-0.05, 0) is 84.7 Å². The monoisotopic (exact) mass is 549 g/mol. The number of aromatic nitrogens is 2. The number of hydrogen-bond donors (Lipinski definition) is 2. The van der Waals surface area contributed by atoms with E-state index in [9.17, 15) is 14.7 Å². The number of hydrogen-bond acceptors (Lipinski definition) is 6. The number of para-hydroxylation sites is 1. The number of carboxylic acids is 1. The molecule has 0 aliphatic carbocycles. The minimum absolute atomic E-state index is 0. The van der Waals surface area contributed by atoms with Crippen molar-refractivity contribution in [2.45, 2.75) is 32.2 Å². The average molecular weight is 550 g/mol. The summed E-state index contributed by atoms with van der Waals surface area (Å²) >= 11 is 1.55. The number of amides is 1. The number of rotatable bonds is 12. The van der Waals surface area contributed by atoms with E-state index in [1.807, 2.05) is 86.0 Å². The zero-order chi connectivity index (χ0) is 27.6. The fourth-order valence-corrected chi connectivity index (χ4v) is 4.66. The van der Waals surface area contributed by atoms with Crippen LogP contribution >= 0.6 is 11.8 Å². The van der Waals surface area contributed by atoms with E-state index in [1.54, 1.807) is 23.9 Å². The SMILES string of the molecule is CSCCC(NC(=O)c1ccc(CCc2ccc(Oc3ccccc3)nn2)cc1-c1ccccc1C)C(=O)O.[LiH]. The first-order chi connectivity index (χ1) is 18.9. The van der Waals surface area contributed by atoms with Crippen molar-refractivity contribution in [3.8, 4) is 22.8 Å². The van der Waals surface area contributed by atoms with Crippen LogP contribution in [-0.4, -0.2) is 64.1 Å². The second-order valence-corrected chi connectivity index (χ2v) is 10.1. The zero-order valence-electron chi connectivity index (χ0n) is 22.0. The normalized spacial score (nSPS) is 11.2. The Morgan fingerprint density at radius 1 is 0.925 bits per heavy atom. The van der Waals surface area contributed by atoms with Crippen LogP contribution in [0, 0.1) is 6.92 Å². The predicted molar refractivity (Wildman–Crippen MR) is 162 cm³/mol. The fraction of sp³-hybridized carbons (Fsp3) is 0.226. The maximum atomic E-state index is 13.3. The molecule has 7 nitrogen and oxygen atoms in total. The molecule has 0 radical (unpaired) electrons. The summed E-state index contributed by atoms with van der Waals surface area (Å²) < 4.78 is 5.72. The van der Waals surface area contributed by atoms with Crippen LogP contribution in [0.1, 0.15) is 33.6 Å². The standard InChI is InChI=1S/C31H31N3O4S.Li.H/c1-21-8-6-7-11-25(21)27-20-22(13-16-26(27)30(35)32-28(31(36)37)18-19-39-2)12-14-23-15-17-29(34-33-23)38-24-9-4-3-5-10-24;;/h3-11,13,15-17,20,28H,12,14,18-19H2,1-2H3,(H,32,35)(H,36,37);;. The van der Waals surface area contributed by atoms with Gasteiger partial charge in [0.15, 0.2) is 0 Å². The van der Waals surface area contributed by atoms with E-state index < -0.39 is 17.9 Å². The molecule has 2 N–H and O–H groups in total. The van der Waals surface area contributed by atoms with Crippen LogP contribution in [0.25, 0.3) is 11.1 Å². The molecule has 4 rings (SSSR count). The van der Waals surface area contributed by atoms with Crippen LogP contribution in [0.3, 0.4) is 0 Å². The Balaban J connectivity index is 0.00000441. The molecule has 0 fully saturated rings. The number of thioether (sulfide) groups is 1. The molecule has 40 heavy (non-hydrogen) atoms. The summed E-state index contributed by atoms with van der Waals surface area (Å²) in [4.78, 5) is 25.0. The summed E-state index contributed by atoms with van der Waals surface area (Å²) in [5.41, 5.74) is 5.05. The number of aliphatic carboxylic acids is 1. The quantitative estimate of drug-likeness (QED) is 0.231. The number of aryl methyl sites for hydroxylation is 3.